The number of nitrogens with one attached hydrogen (secondary N) is 1. The minimum atomic E-state index is -3.92. The minimum Gasteiger partial charge on any atom is -0.506 e. The summed E-state index contributed by atoms with van der Waals surface area (Å²) < 4.78 is 38.3. The van der Waals surface area contributed by atoms with Crippen molar-refractivity contribution in [3.05, 3.63) is 10.0 Å². The lowest BCUT2D eigenvalue weighted by Crippen LogP contribution is -2.40. The van der Waals surface area contributed by atoms with E-state index in [0.717, 1.165) is 32.2 Å². The van der Waals surface area contributed by atoms with Crippen LogP contribution >= 0.6 is 15.9 Å². The number of carbonyl (C=O) groups excluding carboxylic acids is 1. The maximum atomic E-state index is 12.8. The summed E-state index contributed by atoms with van der Waals surface area (Å²) in [5, 5.41) is 13.4. The number of hydrogen-bond donors (Lipinski definition) is 2. The molecule has 0 aromatic heterocycles. The molecule has 1 heterocycles. The maximum absolute atomic E-state index is 12.8. The molecular weight excluding hydrogens is 456 g/mol. The molecule has 0 saturated carbocycles. The van der Waals surface area contributed by atoms with E-state index < -0.39 is 21.8 Å². The number of halogens is 1. The van der Waals surface area contributed by atoms with Gasteiger partial charge in [-0.05, 0) is 41.9 Å². The van der Waals surface area contributed by atoms with Crippen LogP contribution in [0.15, 0.2) is 4.47 Å². The van der Waals surface area contributed by atoms with Gasteiger partial charge in [-0.3, -0.25) is 9.69 Å². The molecule has 0 bridgehead atoms. The molecule has 0 spiro atoms. The van der Waals surface area contributed by atoms with E-state index in [0.29, 0.717) is 6.54 Å². The lowest BCUT2D eigenvalue weighted by atomic mass is 10.1. The van der Waals surface area contributed by atoms with Crippen LogP contribution in [0.5, 0.6) is 23.0 Å². The molecule has 1 aliphatic heterocycles. The van der Waals surface area contributed by atoms with Gasteiger partial charge < -0.3 is 24.1 Å². The zero-order valence-electron chi connectivity index (χ0n) is 16.2. The van der Waals surface area contributed by atoms with Crippen molar-refractivity contribution in [1.82, 2.24) is 10.2 Å². The lowest BCUT2D eigenvalue weighted by molar-refractivity contribution is 0.0934. The van der Waals surface area contributed by atoms with Gasteiger partial charge in [0.1, 0.15) is 15.8 Å². The third-order valence-corrected chi connectivity index (χ3v) is 5.76. The minimum absolute atomic E-state index is 0.126. The van der Waals surface area contributed by atoms with Crippen LogP contribution in [0.25, 0.3) is 0 Å². The number of methoxy groups -OCH3 is 2. The van der Waals surface area contributed by atoms with Crippen molar-refractivity contribution in [3.63, 3.8) is 0 Å². The molecule has 1 atom stereocenters. The zero-order valence-corrected chi connectivity index (χ0v) is 18.6. The van der Waals surface area contributed by atoms with Gasteiger partial charge in [-0.15, -0.1) is 0 Å². The third kappa shape index (κ3) is 4.81. The van der Waals surface area contributed by atoms with Crippen LogP contribution < -0.4 is 19.0 Å². The van der Waals surface area contributed by atoms with Crippen molar-refractivity contribution >= 4 is 32.0 Å². The van der Waals surface area contributed by atoms with E-state index in [-0.39, 0.29) is 33.3 Å². The van der Waals surface area contributed by atoms with E-state index in [4.69, 9.17) is 13.7 Å². The first-order valence-electron chi connectivity index (χ1n) is 8.72. The highest BCUT2D eigenvalue weighted by atomic mass is 79.9. The van der Waals surface area contributed by atoms with Crippen molar-refractivity contribution in [2.24, 2.45) is 0 Å². The highest BCUT2D eigenvalue weighted by Crippen LogP contribution is 2.51. The molecule has 9 nitrogen and oxygen atoms in total. The number of phenolic OH excluding ortho intramolecular Hbond substituents is 1. The molecule has 1 aliphatic rings. The summed E-state index contributed by atoms with van der Waals surface area (Å²) in [4.78, 5) is 15.1. The Labute approximate surface area is 173 Å². The first-order valence-corrected chi connectivity index (χ1v) is 11.3. The molecule has 28 heavy (non-hydrogen) atoms. The quantitative estimate of drug-likeness (QED) is 0.540. The predicted octanol–water partition coefficient (Wildman–Crippen LogP) is 1.72. The van der Waals surface area contributed by atoms with Gasteiger partial charge in [0, 0.05) is 12.6 Å². The fraction of sp³-hybridized carbons (Fsp3) is 0.588. The van der Waals surface area contributed by atoms with Gasteiger partial charge >= 0.3 is 10.1 Å². The Morgan fingerprint density at radius 2 is 1.93 bits per heavy atom. The molecule has 2 N–H and O–H groups in total. The summed E-state index contributed by atoms with van der Waals surface area (Å²) in [6.07, 6.45) is 2.90. The van der Waals surface area contributed by atoms with E-state index >= 15 is 0 Å². The first kappa shape index (κ1) is 22.6. The van der Waals surface area contributed by atoms with Crippen molar-refractivity contribution in [1.29, 1.82) is 0 Å². The average molecular weight is 481 g/mol. The maximum Gasteiger partial charge on any atom is 0.306 e. The number of hydrogen-bond acceptors (Lipinski definition) is 8. The van der Waals surface area contributed by atoms with E-state index in [1.165, 1.54) is 14.2 Å². The van der Waals surface area contributed by atoms with Gasteiger partial charge in [0.25, 0.3) is 5.91 Å². The standard InChI is InChI=1S/C17H25BrN2O7S/c1-5-20-8-6-7-10(20)9-19-17(22)11-13(21)12(18)15(27-28(4,23)24)16(26-3)14(11)25-2/h10,21H,5-9H2,1-4H3,(H,19,22)/t10-/m0/s1. The van der Waals surface area contributed by atoms with E-state index in [9.17, 15) is 18.3 Å². The Hall–Kier alpha value is -1.72. The van der Waals surface area contributed by atoms with Crippen LogP contribution in [0.2, 0.25) is 0 Å². The fourth-order valence-electron chi connectivity index (χ4n) is 3.30. The van der Waals surface area contributed by atoms with Crippen LogP contribution in [-0.2, 0) is 10.1 Å². The monoisotopic (exact) mass is 480 g/mol. The Kier molecular flexibility index (Phi) is 7.40. The molecule has 2 rings (SSSR count). The van der Waals surface area contributed by atoms with Crippen LogP contribution in [0.1, 0.15) is 30.1 Å². The average Bonchev–Trinajstić information content (AvgIpc) is 3.09. The van der Waals surface area contributed by atoms with E-state index in [2.05, 4.69) is 33.1 Å². The first-order chi connectivity index (χ1) is 13.1. The highest BCUT2D eigenvalue weighted by Gasteiger charge is 2.32. The number of ether oxygens (including phenoxy) is 2. The highest BCUT2D eigenvalue weighted by molar-refractivity contribution is 9.10. The van der Waals surface area contributed by atoms with Gasteiger partial charge in [0.2, 0.25) is 11.5 Å². The molecule has 0 aliphatic carbocycles. The van der Waals surface area contributed by atoms with Crippen LogP contribution in [0, 0.1) is 0 Å². The second-order valence-electron chi connectivity index (χ2n) is 6.36. The number of amides is 1. The number of likely N-dealkylation sites (tertiary alicyclic amines) is 1. The third-order valence-electron chi connectivity index (χ3n) is 4.56. The lowest BCUT2D eigenvalue weighted by Gasteiger charge is -2.23. The van der Waals surface area contributed by atoms with Gasteiger partial charge in [0.15, 0.2) is 5.75 Å². The normalized spacial score (nSPS) is 17.4. The second-order valence-corrected chi connectivity index (χ2v) is 8.72. The number of carbonyl (C=O) groups is 1. The largest absolute Gasteiger partial charge is 0.506 e. The zero-order chi connectivity index (χ0) is 21.1. The molecule has 0 radical (unpaired) electrons. The van der Waals surface area contributed by atoms with Crippen molar-refractivity contribution in [2.75, 3.05) is 40.1 Å². The number of benzene rings is 1. The van der Waals surface area contributed by atoms with Crippen LogP contribution in [-0.4, -0.2) is 70.5 Å². The van der Waals surface area contributed by atoms with Gasteiger partial charge in [-0.25, -0.2) is 0 Å². The Morgan fingerprint density at radius 1 is 1.29 bits per heavy atom. The van der Waals surface area contributed by atoms with Crippen molar-refractivity contribution < 1.29 is 32.0 Å². The fourth-order valence-corrected chi connectivity index (χ4v) is 4.33. The number of rotatable bonds is 8. The molecule has 1 amide bonds. The Bertz CT molecular complexity index is 845. The van der Waals surface area contributed by atoms with Crippen LogP contribution in [0.3, 0.4) is 0 Å². The molecular formula is C17H25BrN2O7S. The molecule has 0 unspecified atom stereocenters. The van der Waals surface area contributed by atoms with Crippen molar-refractivity contribution in [2.45, 2.75) is 25.8 Å². The molecule has 1 aromatic carbocycles. The molecule has 1 fully saturated rings. The summed E-state index contributed by atoms with van der Waals surface area (Å²) in [6, 6.07) is 0.222. The summed E-state index contributed by atoms with van der Waals surface area (Å²) in [6.45, 7) is 4.36. The SMILES string of the molecule is CCN1CCC[C@H]1CNC(=O)c1c(O)c(Br)c(OS(C)(=O)=O)c(OC)c1OC. The summed E-state index contributed by atoms with van der Waals surface area (Å²) in [7, 11) is -1.37. The van der Waals surface area contributed by atoms with E-state index in [1.807, 2.05) is 0 Å². The molecule has 158 valence electrons. The number of likely N-dealkylation sites (N-methyl/N-ethyl adjacent to an activating group) is 1. The smallest absolute Gasteiger partial charge is 0.306 e. The Balaban J connectivity index is 2.40. The summed E-state index contributed by atoms with van der Waals surface area (Å²) in [5.74, 6) is -1.63. The predicted molar refractivity (Wildman–Crippen MR) is 107 cm³/mol. The van der Waals surface area contributed by atoms with Crippen LogP contribution in [0.4, 0.5) is 0 Å². The molecule has 1 aromatic rings. The Morgan fingerprint density at radius 3 is 2.46 bits per heavy atom. The summed E-state index contributed by atoms with van der Waals surface area (Å²) >= 11 is 3.08. The van der Waals surface area contributed by atoms with Gasteiger partial charge in [-0.1, -0.05) is 6.92 Å². The molecule has 1 saturated heterocycles. The van der Waals surface area contributed by atoms with E-state index in [1.54, 1.807) is 0 Å². The number of phenols is 1. The number of nitrogens with zero attached hydrogens (tertiary/aromatic N) is 1. The van der Waals surface area contributed by atoms with Crippen molar-refractivity contribution in [3.8, 4) is 23.0 Å². The van der Waals surface area contributed by atoms with Gasteiger partial charge in [0.05, 0.1) is 20.5 Å². The second kappa shape index (κ2) is 9.19. The molecule has 11 heteroatoms. The van der Waals surface area contributed by atoms with Gasteiger partial charge in [-0.2, -0.15) is 8.42 Å². The summed E-state index contributed by atoms with van der Waals surface area (Å²) in [5.41, 5.74) is -0.173. The topological polar surface area (TPSA) is 114 Å². The number of aromatic hydroxyl groups is 1.